The summed E-state index contributed by atoms with van der Waals surface area (Å²) in [5.41, 5.74) is 2.18. The Labute approximate surface area is 132 Å². The van der Waals surface area contributed by atoms with E-state index in [4.69, 9.17) is 11.6 Å². The Bertz CT molecular complexity index is 662. The summed E-state index contributed by atoms with van der Waals surface area (Å²) in [7, 11) is 0. The number of aryl methyl sites for hydroxylation is 1. The third-order valence-corrected chi connectivity index (χ3v) is 3.39. The molecule has 0 unspecified atom stereocenters. The van der Waals surface area contributed by atoms with Crippen LogP contribution in [0.2, 0.25) is 5.02 Å². The Morgan fingerprint density at radius 3 is 2.59 bits per heavy atom. The molecule has 0 saturated heterocycles. The molecule has 1 atom stereocenters. The molecule has 2 amide bonds. The predicted octanol–water partition coefficient (Wildman–Crippen LogP) is 3.64. The lowest BCUT2D eigenvalue weighted by Crippen LogP contribution is -2.32. The summed E-state index contributed by atoms with van der Waals surface area (Å²) < 4.78 is 13.0. The zero-order valence-corrected chi connectivity index (χ0v) is 12.7. The number of hydrogen-bond donors (Lipinski definition) is 3. The zero-order chi connectivity index (χ0) is 16.1. The molecule has 0 bridgehead atoms. The van der Waals surface area contributed by atoms with Crippen LogP contribution in [-0.4, -0.2) is 17.7 Å². The van der Waals surface area contributed by atoms with Gasteiger partial charge in [-0.2, -0.15) is 0 Å². The molecule has 0 aliphatic heterocycles. The van der Waals surface area contributed by atoms with E-state index in [1.165, 1.54) is 18.2 Å². The molecule has 0 heterocycles. The highest BCUT2D eigenvalue weighted by molar-refractivity contribution is 6.31. The Morgan fingerprint density at radius 2 is 1.95 bits per heavy atom. The SMILES string of the molecule is Cc1ccc([C@@H](O)CNC(=O)Nc2ccc(F)c(Cl)c2)cc1. The number of aliphatic hydroxyl groups excluding tert-OH is 1. The van der Waals surface area contributed by atoms with Gasteiger partial charge in [-0.15, -0.1) is 0 Å². The molecule has 4 nitrogen and oxygen atoms in total. The van der Waals surface area contributed by atoms with Gasteiger partial charge in [0.15, 0.2) is 0 Å². The van der Waals surface area contributed by atoms with Crippen molar-refractivity contribution in [1.29, 1.82) is 0 Å². The summed E-state index contributed by atoms with van der Waals surface area (Å²) in [5.74, 6) is -0.553. The van der Waals surface area contributed by atoms with Crippen LogP contribution in [0.25, 0.3) is 0 Å². The summed E-state index contributed by atoms with van der Waals surface area (Å²) in [6, 6.07) is 10.8. The molecule has 0 aliphatic carbocycles. The topological polar surface area (TPSA) is 61.4 Å². The molecule has 6 heteroatoms. The summed E-state index contributed by atoms with van der Waals surface area (Å²) in [5, 5.41) is 15.0. The molecule has 2 aromatic carbocycles. The van der Waals surface area contributed by atoms with Crippen LogP contribution in [0.5, 0.6) is 0 Å². The monoisotopic (exact) mass is 322 g/mol. The highest BCUT2D eigenvalue weighted by atomic mass is 35.5. The van der Waals surface area contributed by atoms with Crippen LogP contribution in [0.4, 0.5) is 14.9 Å². The standard InChI is InChI=1S/C16H16ClFN2O2/c1-10-2-4-11(5-3-10)15(21)9-19-16(22)20-12-6-7-14(18)13(17)8-12/h2-8,15,21H,9H2,1H3,(H2,19,20,22)/t15-/m0/s1. The van der Waals surface area contributed by atoms with Gasteiger partial charge in [-0.25, -0.2) is 9.18 Å². The van der Waals surface area contributed by atoms with Gasteiger partial charge in [0, 0.05) is 12.2 Å². The lowest BCUT2D eigenvalue weighted by atomic mass is 10.1. The van der Waals surface area contributed by atoms with Crippen LogP contribution in [-0.2, 0) is 0 Å². The second kappa shape index (κ2) is 7.24. The molecule has 22 heavy (non-hydrogen) atoms. The number of rotatable bonds is 4. The molecule has 2 rings (SSSR count). The fraction of sp³-hybridized carbons (Fsp3) is 0.188. The number of urea groups is 1. The number of aliphatic hydroxyl groups is 1. The van der Waals surface area contributed by atoms with Crippen molar-refractivity contribution in [2.75, 3.05) is 11.9 Å². The first kappa shape index (κ1) is 16.3. The number of amides is 2. The minimum atomic E-state index is -0.803. The Hall–Kier alpha value is -2.11. The van der Waals surface area contributed by atoms with Gasteiger partial charge >= 0.3 is 6.03 Å². The van der Waals surface area contributed by atoms with Crippen molar-refractivity contribution in [2.45, 2.75) is 13.0 Å². The smallest absolute Gasteiger partial charge is 0.319 e. The summed E-state index contributed by atoms with van der Waals surface area (Å²) in [4.78, 5) is 11.7. The Kier molecular flexibility index (Phi) is 5.35. The fourth-order valence-electron chi connectivity index (χ4n) is 1.84. The molecule has 0 aliphatic rings. The van der Waals surface area contributed by atoms with E-state index in [0.29, 0.717) is 5.69 Å². The van der Waals surface area contributed by atoms with Gasteiger partial charge in [0.25, 0.3) is 0 Å². The third-order valence-electron chi connectivity index (χ3n) is 3.10. The number of halogens is 2. The highest BCUT2D eigenvalue weighted by Crippen LogP contribution is 2.19. The van der Waals surface area contributed by atoms with E-state index in [0.717, 1.165) is 11.1 Å². The quantitative estimate of drug-likeness (QED) is 0.804. The molecule has 0 spiro atoms. The Morgan fingerprint density at radius 1 is 1.27 bits per heavy atom. The minimum absolute atomic E-state index is 0.0593. The Balaban J connectivity index is 1.86. The lowest BCUT2D eigenvalue weighted by Gasteiger charge is -2.13. The van der Waals surface area contributed by atoms with Crippen LogP contribution in [0.1, 0.15) is 17.2 Å². The number of nitrogens with one attached hydrogen (secondary N) is 2. The normalized spacial score (nSPS) is 11.8. The van der Waals surface area contributed by atoms with Gasteiger partial charge in [0.2, 0.25) is 0 Å². The van der Waals surface area contributed by atoms with Gasteiger partial charge in [0.05, 0.1) is 11.1 Å². The first-order valence-corrected chi connectivity index (χ1v) is 7.08. The summed E-state index contributed by atoms with van der Waals surface area (Å²) in [6.07, 6.45) is -0.803. The van der Waals surface area contributed by atoms with Crippen molar-refractivity contribution in [3.63, 3.8) is 0 Å². The number of carbonyl (C=O) groups excluding carboxylic acids is 1. The number of carbonyl (C=O) groups is 1. The maximum Gasteiger partial charge on any atom is 0.319 e. The molecule has 2 aromatic rings. The minimum Gasteiger partial charge on any atom is -0.387 e. The van der Waals surface area contributed by atoms with E-state index in [2.05, 4.69) is 10.6 Å². The van der Waals surface area contributed by atoms with E-state index in [9.17, 15) is 14.3 Å². The maximum absolute atomic E-state index is 13.0. The molecule has 0 saturated carbocycles. The molecule has 0 fully saturated rings. The average Bonchev–Trinajstić information content (AvgIpc) is 2.49. The first-order chi connectivity index (χ1) is 10.5. The van der Waals surface area contributed by atoms with Gasteiger partial charge in [-0.05, 0) is 30.7 Å². The van der Waals surface area contributed by atoms with Crippen LogP contribution < -0.4 is 10.6 Å². The van der Waals surface area contributed by atoms with Crippen molar-refractivity contribution >= 4 is 23.3 Å². The third kappa shape index (κ3) is 4.44. The van der Waals surface area contributed by atoms with Crippen molar-refractivity contribution in [1.82, 2.24) is 5.32 Å². The largest absolute Gasteiger partial charge is 0.387 e. The van der Waals surface area contributed by atoms with Crippen molar-refractivity contribution in [2.24, 2.45) is 0 Å². The van der Waals surface area contributed by atoms with Gasteiger partial charge in [-0.1, -0.05) is 41.4 Å². The summed E-state index contributed by atoms with van der Waals surface area (Å²) >= 11 is 5.63. The van der Waals surface area contributed by atoms with Crippen LogP contribution in [0, 0.1) is 12.7 Å². The van der Waals surface area contributed by atoms with Gasteiger partial charge < -0.3 is 15.7 Å². The molecule has 0 radical (unpaired) electrons. The molecular weight excluding hydrogens is 307 g/mol. The fourth-order valence-corrected chi connectivity index (χ4v) is 2.03. The van der Waals surface area contributed by atoms with Crippen molar-refractivity contribution in [3.05, 3.63) is 64.4 Å². The zero-order valence-electron chi connectivity index (χ0n) is 11.9. The first-order valence-electron chi connectivity index (χ1n) is 6.70. The second-order valence-corrected chi connectivity index (χ2v) is 5.30. The lowest BCUT2D eigenvalue weighted by molar-refractivity contribution is 0.175. The van der Waals surface area contributed by atoms with Gasteiger partial charge in [0.1, 0.15) is 5.82 Å². The molecule has 3 N–H and O–H groups in total. The van der Waals surface area contributed by atoms with E-state index >= 15 is 0 Å². The maximum atomic E-state index is 13.0. The van der Waals surface area contributed by atoms with E-state index in [1.54, 1.807) is 12.1 Å². The van der Waals surface area contributed by atoms with Crippen LogP contribution >= 0.6 is 11.6 Å². The highest BCUT2D eigenvalue weighted by Gasteiger charge is 2.10. The molecular formula is C16H16ClFN2O2. The number of hydrogen-bond acceptors (Lipinski definition) is 2. The van der Waals surface area contributed by atoms with E-state index in [1.807, 2.05) is 19.1 Å². The average molecular weight is 323 g/mol. The van der Waals surface area contributed by atoms with Crippen molar-refractivity contribution < 1.29 is 14.3 Å². The number of benzene rings is 2. The predicted molar refractivity (Wildman–Crippen MR) is 84.6 cm³/mol. The number of anilines is 1. The second-order valence-electron chi connectivity index (χ2n) is 4.89. The molecule has 116 valence electrons. The van der Waals surface area contributed by atoms with Gasteiger partial charge in [-0.3, -0.25) is 0 Å². The van der Waals surface area contributed by atoms with Crippen molar-refractivity contribution in [3.8, 4) is 0 Å². The molecule has 0 aromatic heterocycles. The van der Waals surface area contributed by atoms with Crippen LogP contribution in [0.15, 0.2) is 42.5 Å². The van der Waals surface area contributed by atoms with Crippen LogP contribution in [0.3, 0.4) is 0 Å². The van der Waals surface area contributed by atoms with E-state index in [-0.39, 0.29) is 11.6 Å². The summed E-state index contributed by atoms with van der Waals surface area (Å²) in [6.45, 7) is 2.01. The van der Waals surface area contributed by atoms with E-state index < -0.39 is 18.0 Å².